The van der Waals surface area contributed by atoms with Crippen LogP contribution in [0.4, 0.5) is 9.18 Å². The van der Waals surface area contributed by atoms with Crippen LogP contribution in [0.15, 0.2) is 18.2 Å². The monoisotopic (exact) mass is 239 g/mol. The van der Waals surface area contributed by atoms with Crippen LogP contribution in [-0.4, -0.2) is 18.7 Å². The lowest BCUT2D eigenvalue weighted by Crippen LogP contribution is -2.32. The first kappa shape index (κ1) is 11.4. The zero-order valence-electron chi connectivity index (χ0n) is 9.03. The number of ether oxygens (including phenoxy) is 2. The van der Waals surface area contributed by atoms with Crippen LogP contribution in [0, 0.1) is 5.82 Å². The van der Waals surface area contributed by atoms with Gasteiger partial charge in [0.15, 0.2) is 6.04 Å². The van der Waals surface area contributed by atoms with Crippen molar-refractivity contribution in [3.8, 4) is 5.75 Å². The number of hydrogen-bond donors (Lipinski definition) is 1. The summed E-state index contributed by atoms with van der Waals surface area (Å²) < 4.78 is 22.6. The molecular formula is C11H10FNO4. The van der Waals surface area contributed by atoms with Gasteiger partial charge < -0.3 is 14.8 Å². The lowest BCUT2D eigenvalue weighted by atomic mass is 10.1. The van der Waals surface area contributed by atoms with Crippen LogP contribution in [0.3, 0.4) is 0 Å². The van der Waals surface area contributed by atoms with Crippen molar-refractivity contribution in [2.45, 2.75) is 13.0 Å². The normalized spacial score (nSPS) is 17.3. The van der Waals surface area contributed by atoms with Gasteiger partial charge in [-0.1, -0.05) is 0 Å². The van der Waals surface area contributed by atoms with Crippen LogP contribution in [0.25, 0.3) is 0 Å². The number of alkyl carbamates (subject to hydrolysis) is 1. The molecule has 0 fully saturated rings. The van der Waals surface area contributed by atoms with E-state index in [0.717, 1.165) is 6.07 Å². The van der Waals surface area contributed by atoms with Crippen molar-refractivity contribution in [2.75, 3.05) is 6.61 Å². The minimum Gasteiger partial charge on any atom is -0.450 e. The average molecular weight is 239 g/mol. The number of carbonyl (C=O) groups excluding carboxylic acids is 2. The van der Waals surface area contributed by atoms with Crippen LogP contribution >= 0.6 is 0 Å². The Hall–Kier alpha value is -2.11. The van der Waals surface area contributed by atoms with Gasteiger partial charge in [0, 0.05) is 5.56 Å². The van der Waals surface area contributed by atoms with Crippen LogP contribution < -0.4 is 10.1 Å². The second-order valence-electron chi connectivity index (χ2n) is 3.40. The van der Waals surface area contributed by atoms with Crippen molar-refractivity contribution >= 4 is 12.1 Å². The average Bonchev–Trinajstić information content (AvgIpc) is 2.56. The van der Waals surface area contributed by atoms with Crippen LogP contribution in [0.2, 0.25) is 0 Å². The first-order valence-corrected chi connectivity index (χ1v) is 5.06. The van der Waals surface area contributed by atoms with Gasteiger partial charge >= 0.3 is 12.1 Å². The fourth-order valence-corrected chi connectivity index (χ4v) is 1.56. The maximum atomic E-state index is 13.0. The van der Waals surface area contributed by atoms with Crippen molar-refractivity contribution in [2.24, 2.45) is 0 Å². The third-order valence-corrected chi connectivity index (χ3v) is 2.27. The summed E-state index contributed by atoms with van der Waals surface area (Å²) in [7, 11) is 0. The molecule has 1 N–H and O–H groups in total. The number of benzene rings is 1. The van der Waals surface area contributed by atoms with E-state index in [1.54, 1.807) is 6.92 Å². The van der Waals surface area contributed by atoms with E-state index in [-0.39, 0.29) is 12.4 Å². The summed E-state index contributed by atoms with van der Waals surface area (Å²) in [5.41, 5.74) is 0.294. The van der Waals surface area contributed by atoms with Gasteiger partial charge in [-0.05, 0) is 25.1 Å². The molecule has 2 rings (SSSR count). The Bertz CT molecular complexity index is 475. The molecule has 90 valence electrons. The maximum absolute atomic E-state index is 13.0. The Morgan fingerprint density at radius 2 is 2.35 bits per heavy atom. The highest BCUT2D eigenvalue weighted by molar-refractivity contribution is 5.88. The van der Waals surface area contributed by atoms with Gasteiger partial charge in [0.05, 0.1) is 6.61 Å². The van der Waals surface area contributed by atoms with E-state index in [9.17, 15) is 14.0 Å². The predicted molar refractivity (Wildman–Crippen MR) is 54.9 cm³/mol. The first-order valence-electron chi connectivity index (χ1n) is 5.06. The van der Waals surface area contributed by atoms with Crippen molar-refractivity contribution in [3.05, 3.63) is 29.6 Å². The minimum atomic E-state index is -1.01. The maximum Gasteiger partial charge on any atom is 0.408 e. The minimum absolute atomic E-state index is 0.184. The quantitative estimate of drug-likeness (QED) is 0.628. The summed E-state index contributed by atoms with van der Waals surface area (Å²) in [5, 5.41) is 2.31. The Morgan fingerprint density at radius 1 is 1.59 bits per heavy atom. The van der Waals surface area contributed by atoms with Gasteiger partial charge in [-0.25, -0.2) is 14.0 Å². The van der Waals surface area contributed by atoms with E-state index in [0.29, 0.717) is 5.56 Å². The number of carbonyl (C=O) groups is 2. The number of rotatable bonds is 2. The number of esters is 1. The van der Waals surface area contributed by atoms with Gasteiger partial charge in [-0.2, -0.15) is 0 Å². The fraction of sp³-hybridized carbons (Fsp3) is 0.273. The number of halogens is 1. The van der Waals surface area contributed by atoms with Crippen LogP contribution in [0.5, 0.6) is 5.75 Å². The molecule has 0 radical (unpaired) electrons. The van der Waals surface area contributed by atoms with E-state index in [1.165, 1.54) is 12.1 Å². The van der Waals surface area contributed by atoms with Gasteiger partial charge in [-0.3, -0.25) is 0 Å². The Morgan fingerprint density at radius 3 is 3.06 bits per heavy atom. The van der Waals surface area contributed by atoms with Crippen molar-refractivity contribution in [3.63, 3.8) is 0 Å². The summed E-state index contributed by atoms with van der Waals surface area (Å²) in [5.74, 6) is -0.908. The predicted octanol–water partition coefficient (Wildman–Crippen LogP) is 1.53. The Labute approximate surface area is 96.5 Å². The summed E-state index contributed by atoms with van der Waals surface area (Å²) in [6, 6.07) is 2.66. The molecule has 1 aliphatic heterocycles. The third kappa shape index (κ3) is 2.20. The molecular weight excluding hydrogens is 229 g/mol. The molecule has 1 aromatic rings. The Kier molecular flexibility index (Phi) is 2.95. The first-order chi connectivity index (χ1) is 8.11. The molecule has 0 saturated heterocycles. The SMILES string of the molecule is CCOC(=O)NC1C(=O)Oc2ccc(F)cc21. The smallest absolute Gasteiger partial charge is 0.408 e. The highest BCUT2D eigenvalue weighted by Gasteiger charge is 2.35. The van der Waals surface area contributed by atoms with Crippen LogP contribution in [-0.2, 0) is 9.53 Å². The van der Waals surface area contributed by atoms with Crippen LogP contribution in [0.1, 0.15) is 18.5 Å². The van der Waals surface area contributed by atoms with Gasteiger partial charge in [0.2, 0.25) is 0 Å². The summed E-state index contributed by atoms with van der Waals surface area (Å²) in [4.78, 5) is 22.7. The van der Waals surface area contributed by atoms with Crippen molar-refractivity contribution in [1.29, 1.82) is 0 Å². The van der Waals surface area contributed by atoms with Gasteiger partial charge in [0.1, 0.15) is 11.6 Å². The molecule has 17 heavy (non-hydrogen) atoms. The number of fused-ring (bicyclic) bond motifs is 1. The molecule has 5 nitrogen and oxygen atoms in total. The Balaban J connectivity index is 2.22. The number of hydrogen-bond acceptors (Lipinski definition) is 4. The molecule has 1 heterocycles. The molecule has 1 atom stereocenters. The molecule has 1 aliphatic rings. The molecule has 0 aromatic heterocycles. The van der Waals surface area contributed by atoms with Gasteiger partial charge in [-0.15, -0.1) is 0 Å². The molecule has 1 aromatic carbocycles. The summed E-state index contributed by atoms with van der Waals surface area (Å²) in [6.07, 6.45) is -0.744. The van der Waals surface area contributed by atoms with E-state index < -0.39 is 23.9 Å². The molecule has 1 unspecified atom stereocenters. The van der Waals surface area contributed by atoms with Crippen molar-refractivity contribution < 1.29 is 23.5 Å². The number of amides is 1. The lowest BCUT2D eigenvalue weighted by molar-refractivity contribution is -0.134. The summed E-state index contributed by atoms with van der Waals surface area (Å²) >= 11 is 0. The zero-order chi connectivity index (χ0) is 12.4. The molecule has 0 spiro atoms. The van der Waals surface area contributed by atoms with Gasteiger partial charge in [0.25, 0.3) is 0 Å². The second kappa shape index (κ2) is 4.40. The van der Waals surface area contributed by atoms with E-state index in [1.807, 2.05) is 0 Å². The van der Waals surface area contributed by atoms with E-state index in [2.05, 4.69) is 10.1 Å². The lowest BCUT2D eigenvalue weighted by Gasteiger charge is -2.09. The topological polar surface area (TPSA) is 64.6 Å². The zero-order valence-corrected chi connectivity index (χ0v) is 9.03. The standard InChI is InChI=1S/C11H10FNO4/c1-2-16-11(15)13-9-7-5-6(12)3-4-8(7)17-10(9)14/h3-5,9H,2H2,1H3,(H,13,15). The van der Waals surface area contributed by atoms with E-state index in [4.69, 9.17) is 4.74 Å². The summed E-state index contributed by atoms with van der Waals surface area (Å²) in [6.45, 7) is 1.82. The molecule has 0 saturated carbocycles. The third-order valence-electron chi connectivity index (χ3n) is 2.27. The molecule has 0 bridgehead atoms. The number of nitrogens with one attached hydrogen (secondary N) is 1. The highest BCUT2D eigenvalue weighted by Crippen LogP contribution is 2.33. The molecule has 0 aliphatic carbocycles. The fourth-order valence-electron chi connectivity index (χ4n) is 1.56. The van der Waals surface area contributed by atoms with E-state index >= 15 is 0 Å². The van der Waals surface area contributed by atoms with Crippen molar-refractivity contribution in [1.82, 2.24) is 5.32 Å². The largest absolute Gasteiger partial charge is 0.450 e. The second-order valence-corrected chi connectivity index (χ2v) is 3.40. The molecule has 6 heteroatoms. The molecule has 1 amide bonds. The highest BCUT2D eigenvalue weighted by atomic mass is 19.1.